The van der Waals surface area contributed by atoms with E-state index in [2.05, 4.69) is 22.6 Å². The first-order chi connectivity index (χ1) is 13.0. The number of fused-ring (bicyclic) bond motifs is 1. The number of aromatic nitrogens is 3. The van der Waals surface area contributed by atoms with Gasteiger partial charge in [-0.05, 0) is 61.3 Å². The molecule has 3 atom stereocenters. The number of nitrogens with one attached hydrogen (secondary N) is 1. The molecule has 1 aromatic heterocycles. The van der Waals surface area contributed by atoms with Gasteiger partial charge in [-0.1, -0.05) is 23.7 Å². The second-order valence-electron chi connectivity index (χ2n) is 7.47. The SMILES string of the molecule is CC[C@@H](NC(=O)c1ccc(Cl)cc1)C1C2CC(n3cc(C(N)=O)nn3)CC21. The molecule has 2 saturated carbocycles. The van der Waals surface area contributed by atoms with Crippen molar-refractivity contribution < 1.29 is 9.59 Å². The summed E-state index contributed by atoms with van der Waals surface area (Å²) in [5.41, 5.74) is 6.07. The first-order valence-corrected chi connectivity index (χ1v) is 9.63. The Morgan fingerprint density at radius 1 is 1.30 bits per heavy atom. The summed E-state index contributed by atoms with van der Waals surface area (Å²) in [6, 6.07) is 7.37. The zero-order valence-corrected chi connectivity index (χ0v) is 15.8. The fraction of sp³-hybridized carbons (Fsp3) is 0.474. The van der Waals surface area contributed by atoms with Crippen LogP contribution in [-0.4, -0.2) is 32.9 Å². The Balaban J connectivity index is 1.36. The third kappa shape index (κ3) is 3.43. The smallest absolute Gasteiger partial charge is 0.270 e. The molecule has 0 aliphatic heterocycles. The van der Waals surface area contributed by atoms with Gasteiger partial charge in [-0.25, -0.2) is 4.68 Å². The van der Waals surface area contributed by atoms with E-state index >= 15 is 0 Å². The Labute approximate surface area is 162 Å². The average Bonchev–Trinajstić information content (AvgIpc) is 3.05. The second kappa shape index (κ2) is 6.96. The number of benzene rings is 1. The zero-order chi connectivity index (χ0) is 19.1. The molecule has 0 saturated heterocycles. The van der Waals surface area contributed by atoms with E-state index in [4.69, 9.17) is 17.3 Å². The maximum Gasteiger partial charge on any atom is 0.270 e. The van der Waals surface area contributed by atoms with Gasteiger partial charge in [0.25, 0.3) is 11.8 Å². The quantitative estimate of drug-likeness (QED) is 0.794. The number of hydrogen-bond acceptors (Lipinski definition) is 4. The number of nitrogens with zero attached hydrogens (tertiary/aromatic N) is 3. The molecular formula is C19H22ClN5O2. The Morgan fingerprint density at radius 2 is 1.96 bits per heavy atom. The number of primary amides is 1. The van der Waals surface area contributed by atoms with Crippen molar-refractivity contribution in [2.75, 3.05) is 0 Å². The molecule has 2 amide bonds. The summed E-state index contributed by atoms with van der Waals surface area (Å²) < 4.78 is 1.76. The van der Waals surface area contributed by atoms with Gasteiger partial charge in [-0.2, -0.15) is 0 Å². The summed E-state index contributed by atoms with van der Waals surface area (Å²) in [4.78, 5) is 23.7. The summed E-state index contributed by atoms with van der Waals surface area (Å²) in [7, 11) is 0. The highest BCUT2D eigenvalue weighted by atomic mass is 35.5. The maximum atomic E-state index is 12.5. The Bertz CT molecular complexity index is 853. The molecule has 1 heterocycles. The van der Waals surface area contributed by atoms with E-state index in [9.17, 15) is 9.59 Å². The zero-order valence-electron chi connectivity index (χ0n) is 15.0. The van der Waals surface area contributed by atoms with Gasteiger partial charge < -0.3 is 11.1 Å². The van der Waals surface area contributed by atoms with Crippen LogP contribution in [0, 0.1) is 17.8 Å². The van der Waals surface area contributed by atoms with Crippen molar-refractivity contribution in [3.63, 3.8) is 0 Å². The number of rotatable bonds is 6. The van der Waals surface area contributed by atoms with Gasteiger partial charge in [0.15, 0.2) is 5.69 Å². The molecule has 7 nitrogen and oxygen atoms in total. The first kappa shape index (κ1) is 18.0. The minimum absolute atomic E-state index is 0.0533. The third-order valence-corrected chi connectivity index (χ3v) is 6.20. The van der Waals surface area contributed by atoms with Gasteiger partial charge >= 0.3 is 0 Å². The molecule has 8 heteroatoms. The topological polar surface area (TPSA) is 103 Å². The number of hydrogen-bond donors (Lipinski definition) is 2. The molecule has 4 rings (SSSR count). The largest absolute Gasteiger partial charge is 0.364 e. The summed E-state index contributed by atoms with van der Waals surface area (Å²) in [6.07, 6.45) is 4.51. The molecule has 2 aliphatic carbocycles. The van der Waals surface area contributed by atoms with E-state index in [1.54, 1.807) is 35.1 Å². The molecule has 27 heavy (non-hydrogen) atoms. The van der Waals surface area contributed by atoms with Gasteiger partial charge in [0.05, 0.1) is 12.2 Å². The van der Waals surface area contributed by atoms with Crippen LogP contribution < -0.4 is 11.1 Å². The Morgan fingerprint density at radius 3 is 2.52 bits per heavy atom. The highest BCUT2D eigenvalue weighted by Gasteiger charge is 2.59. The monoisotopic (exact) mass is 387 g/mol. The normalized spacial score (nSPS) is 27.0. The molecule has 2 unspecified atom stereocenters. The number of halogens is 1. The number of amides is 2. The second-order valence-corrected chi connectivity index (χ2v) is 7.91. The molecule has 0 radical (unpaired) electrons. The van der Waals surface area contributed by atoms with Crippen molar-refractivity contribution >= 4 is 23.4 Å². The molecule has 2 aliphatic rings. The summed E-state index contributed by atoms with van der Waals surface area (Å²) in [5, 5.41) is 11.7. The van der Waals surface area contributed by atoms with Crippen LogP contribution in [0.2, 0.25) is 5.02 Å². The van der Waals surface area contributed by atoms with Crippen LogP contribution in [0.3, 0.4) is 0 Å². The minimum Gasteiger partial charge on any atom is -0.364 e. The molecular weight excluding hydrogens is 366 g/mol. The van der Waals surface area contributed by atoms with Crippen LogP contribution in [0.1, 0.15) is 53.1 Å². The highest BCUT2D eigenvalue weighted by molar-refractivity contribution is 6.30. The average molecular weight is 388 g/mol. The van der Waals surface area contributed by atoms with Gasteiger partial charge in [0, 0.05) is 16.6 Å². The van der Waals surface area contributed by atoms with Crippen molar-refractivity contribution in [2.24, 2.45) is 23.5 Å². The van der Waals surface area contributed by atoms with E-state index in [1.165, 1.54) is 0 Å². The minimum atomic E-state index is -0.557. The molecule has 142 valence electrons. The first-order valence-electron chi connectivity index (χ1n) is 9.26. The lowest BCUT2D eigenvalue weighted by molar-refractivity contribution is 0.0926. The predicted molar refractivity (Wildman–Crippen MR) is 100 cm³/mol. The van der Waals surface area contributed by atoms with Crippen LogP contribution in [-0.2, 0) is 0 Å². The maximum absolute atomic E-state index is 12.5. The fourth-order valence-corrected chi connectivity index (χ4v) is 4.69. The lowest BCUT2D eigenvalue weighted by atomic mass is 9.99. The van der Waals surface area contributed by atoms with E-state index < -0.39 is 5.91 Å². The van der Waals surface area contributed by atoms with Gasteiger partial charge in [-0.15, -0.1) is 5.10 Å². The van der Waals surface area contributed by atoms with Crippen LogP contribution in [0.15, 0.2) is 30.5 Å². The van der Waals surface area contributed by atoms with E-state index in [-0.39, 0.29) is 23.7 Å². The Hall–Kier alpha value is -2.41. The molecule has 0 spiro atoms. The van der Waals surface area contributed by atoms with Gasteiger partial charge in [0.2, 0.25) is 0 Å². The van der Waals surface area contributed by atoms with Crippen molar-refractivity contribution in [1.29, 1.82) is 0 Å². The van der Waals surface area contributed by atoms with Crippen LogP contribution in [0.5, 0.6) is 0 Å². The van der Waals surface area contributed by atoms with Crippen molar-refractivity contribution in [3.8, 4) is 0 Å². The fourth-order valence-electron chi connectivity index (χ4n) is 4.57. The highest BCUT2D eigenvalue weighted by Crippen LogP contribution is 2.62. The summed E-state index contributed by atoms with van der Waals surface area (Å²) in [6.45, 7) is 2.11. The molecule has 0 bridgehead atoms. The molecule has 3 N–H and O–H groups in total. The third-order valence-electron chi connectivity index (χ3n) is 5.95. The summed E-state index contributed by atoms with van der Waals surface area (Å²) >= 11 is 5.89. The van der Waals surface area contributed by atoms with Gasteiger partial charge in [0.1, 0.15) is 0 Å². The predicted octanol–water partition coefficient (Wildman–Crippen LogP) is 2.44. The lowest BCUT2D eigenvalue weighted by Gasteiger charge is -2.21. The lowest BCUT2D eigenvalue weighted by Crippen LogP contribution is -2.37. The van der Waals surface area contributed by atoms with Crippen LogP contribution in [0.25, 0.3) is 0 Å². The molecule has 2 fully saturated rings. The van der Waals surface area contributed by atoms with Crippen molar-refractivity contribution in [1.82, 2.24) is 20.3 Å². The van der Waals surface area contributed by atoms with E-state index in [0.717, 1.165) is 19.3 Å². The van der Waals surface area contributed by atoms with E-state index in [1.807, 2.05) is 0 Å². The number of carbonyl (C=O) groups excluding carboxylic acids is 2. The van der Waals surface area contributed by atoms with E-state index in [0.29, 0.717) is 28.3 Å². The molecule has 1 aromatic carbocycles. The number of nitrogens with two attached hydrogens (primary N) is 1. The van der Waals surface area contributed by atoms with Crippen molar-refractivity contribution in [3.05, 3.63) is 46.7 Å². The van der Waals surface area contributed by atoms with Gasteiger partial charge in [-0.3, -0.25) is 9.59 Å². The standard InChI is InChI=1S/C19H22ClN5O2/c1-2-15(22-19(27)10-3-5-11(20)6-4-10)17-13-7-12(8-14(13)17)25-9-16(18(21)26)23-24-25/h3-6,9,12-15,17H,2,7-8H2,1H3,(H2,21,26)(H,22,27)/t12?,13?,14?,15-,17?/m1/s1. The Kier molecular flexibility index (Phi) is 4.63. The van der Waals surface area contributed by atoms with Crippen LogP contribution >= 0.6 is 11.6 Å². The van der Waals surface area contributed by atoms with Crippen LogP contribution in [0.4, 0.5) is 0 Å². The summed E-state index contributed by atoms with van der Waals surface area (Å²) in [5.74, 6) is 1.04. The number of carbonyl (C=O) groups is 2. The van der Waals surface area contributed by atoms with Crippen molar-refractivity contribution in [2.45, 2.75) is 38.3 Å². The molecule has 2 aromatic rings.